The molecule has 0 aliphatic carbocycles. The van der Waals surface area contributed by atoms with E-state index in [9.17, 15) is 13.6 Å². The van der Waals surface area contributed by atoms with Crippen molar-refractivity contribution < 1.29 is 27.5 Å². The topological polar surface area (TPSA) is 86.5 Å². The zero-order chi connectivity index (χ0) is 17.4. The Kier molecular flexibility index (Phi) is 3.53. The molecule has 25 heavy (non-hydrogen) atoms. The summed E-state index contributed by atoms with van der Waals surface area (Å²) >= 11 is 0. The number of ether oxygens (including phenoxy) is 2. The summed E-state index contributed by atoms with van der Waals surface area (Å²) in [5, 5.41) is 9.67. The lowest BCUT2D eigenvalue weighted by atomic mass is 10.2. The van der Waals surface area contributed by atoms with E-state index >= 15 is 0 Å². The highest BCUT2D eigenvalue weighted by Gasteiger charge is 2.19. The van der Waals surface area contributed by atoms with Crippen LogP contribution in [0.15, 0.2) is 40.8 Å². The Morgan fingerprint density at radius 3 is 2.72 bits per heavy atom. The van der Waals surface area contributed by atoms with Crippen molar-refractivity contribution in [2.45, 2.75) is 0 Å². The molecule has 0 saturated heterocycles. The number of aromatic nitrogens is 2. The minimum absolute atomic E-state index is 0.0718. The summed E-state index contributed by atoms with van der Waals surface area (Å²) in [6.07, 6.45) is 0. The van der Waals surface area contributed by atoms with Crippen molar-refractivity contribution in [1.82, 2.24) is 10.2 Å². The van der Waals surface area contributed by atoms with E-state index in [1.165, 1.54) is 12.1 Å². The van der Waals surface area contributed by atoms with Crippen LogP contribution >= 0.6 is 0 Å². The van der Waals surface area contributed by atoms with Crippen LogP contribution < -0.4 is 14.8 Å². The maximum absolute atomic E-state index is 13.7. The van der Waals surface area contributed by atoms with Crippen LogP contribution in [0.25, 0.3) is 11.5 Å². The highest BCUT2D eigenvalue weighted by molar-refractivity contribution is 6.03. The average molecular weight is 345 g/mol. The van der Waals surface area contributed by atoms with E-state index in [1.54, 1.807) is 12.1 Å². The molecule has 0 saturated carbocycles. The molecule has 2 aromatic carbocycles. The van der Waals surface area contributed by atoms with Gasteiger partial charge in [0, 0.05) is 11.6 Å². The molecule has 0 atom stereocenters. The number of carbonyl (C=O) groups is 1. The van der Waals surface area contributed by atoms with Gasteiger partial charge in [-0.3, -0.25) is 10.1 Å². The van der Waals surface area contributed by atoms with Gasteiger partial charge in [0.05, 0.1) is 5.56 Å². The highest BCUT2D eigenvalue weighted by Crippen LogP contribution is 2.32. The van der Waals surface area contributed by atoms with Gasteiger partial charge in [-0.2, -0.15) is 0 Å². The summed E-state index contributed by atoms with van der Waals surface area (Å²) in [4.78, 5) is 12.2. The molecule has 0 unspecified atom stereocenters. The van der Waals surface area contributed by atoms with E-state index in [-0.39, 0.29) is 29.8 Å². The molecule has 1 N–H and O–H groups in total. The van der Waals surface area contributed by atoms with Crippen molar-refractivity contribution in [3.63, 3.8) is 0 Å². The molecule has 4 rings (SSSR count). The third-order valence-corrected chi connectivity index (χ3v) is 3.44. The lowest BCUT2D eigenvalue weighted by Crippen LogP contribution is -2.12. The van der Waals surface area contributed by atoms with Gasteiger partial charge < -0.3 is 13.9 Å². The number of benzene rings is 2. The number of carbonyl (C=O) groups excluding carboxylic acids is 1. The fourth-order valence-electron chi connectivity index (χ4n) is 2.25. The van der Waals surface area contributed by atoms with Gasteiger partial charge in [0.2, 0.25) is 6.79 Å². The van der Waals surface area contributed by atoms with Gasteiger partial charge >= 0.3 is 6.01 Å². The Balaban J connectivity index is 1.54. The monoisotopic (exact) mass is 345 g/mol. The molecule has 0 spiro atoms. The molecule has 1 aromatic heterocycles. The summed E-state index contributed by atoms with van der Waals surface area (Å²) in [5.41, 5.74) is 0.217. The summed E-state index contributed by atoms with van der Waals surface area (Å²) in [6, 6.07) is 7.36. The third kappa shape index (κ3) is 2.87. The summed E-state index contributed by atoms with van der Waals surface area (Å²) in [7, 11) is 0. The number of hydrogen-bond acceptors (Lipinski definition) is 6. The molecule has 9 heteroatoms. The SMILES string of the molecule is O=C(Nc1nnc(-c2ccc(F)cc2F)o1)c1ccc2c(c1)OCO2. The lowest BCUT2D eigenvalue weighted by Gasteiger charge is -2.02. The molecule has 7 nitrogen and oxygen atoms in total. The normalized spacial score (nSPS) is 12.2. The predicted molar refractivity (Wildman–Crippen MR) is 80.2 cm³/mol. The molecular weight excluding hydrogens is 336 g/mol. The van der Waals surface area contributed by atoms with Gasteiger partial charge in [0.25, 0.3) is 11.8 Å². The predicted octanol–water partition coefficient (Wildman–Crippen LogP) is 3.00. The van der Waals surface area contributed by atoms with Crippen molar-refractivity contribution in [3.8, 4) is 23.0 Å². The molecular formula is C16H9F2N3O4. The number of fused-ring (bicyclic) bond motifs is 1. The maximum atomic E-state index is 13.7. The highest BCUT2D eigenvalue weighted by atomic mass is 19.1. The molecule has 0 fully saturated rings. The van der Waals surface area contributed by atoms with Gasteiger partial charge in [-0.1, -0.05) is 5.10 Å². The minimum atomic E-state index is -0.850. The van der Waals surface area contributed by atoms with Crippen LogP contribution in [0.5, 0.6) is 11.5 Å². The summed E-state index contributed by atoms with van der Waals surface area (Å²) < 4.78 is 42.2. The lowest BCUT2D eigenvalue weighted by molar-refractivity contribution is 0.102. The van der Waals surface area contributed by atoms with Crippen LogP contribution in [0, 0.1) is 11.6 Å². The van der Waals surface area contributed by atoms with Gasteiger partial charge in [0.1, 0.15) is 11.6 Å². The first kappa shape index (κ1) is 15.1. The molecule has 1 aliphatic heterocycles. The fraction of sp³-hybridized carbons (Fsp3) is 0.0625. The standard InChI is InChI=1S/C16H9F2N3O4/c17-9-2-3-10(11(18)6-9)15-20-21-16(25-15)19-14(22)8-1-4-12-13(5-8)24-7-23-12/h1-6H,7H2,(H,19,21,22). The fourth-order valence-corrected chi connectivity index (χ4v) is 2.25. The summed E-state index contributed by atoms with van der Waals surface area (Å²) in [5.74, 6) is -1.28. The van der Waals surface area contributed by atoms with Crippen LogP contribution in [-0.4, -0.2) is 22.9 Å². The van der Waals surface area contributed by atoms with E-state index < -0.39 is 17.5 Å². The number of amides is 1. The second-order valence-corrected chi connectivity index (χ2v) is 5.06. The van der Waals surface area contributed by atoms with Gasteiger partial charge in [0.15, 0.2) is 11.5 Å². The van der Waals surface area contributed by atoms with E-state index in [0.29, 0.717) is 17.6 Å². The molecule has 0 radical (unpaired) electrons. The smallest absolute Gasteiger partial charge is 0.322 e. The second kappa shape index (κ2) is 5.86. The Morgan fingerprint density at radius 1 is 1.04 bits per heavy atom. The Bertz CT molecular complexity index is 974. The molecule has 126 valence electrons. The maximum Gasteiger partial charge on any atom is 0.322 e. The number of nitrogens with one attached hydrogen (secondary N) is 1. The molecule has 2 heterocycles. The Labute approximate surface area is 139 Å². The second-order valence-electron chi connectivity index (χ2n) is 5.06. The Hall–Kier alpha value is -3.49. The number of rotatable bonds is 3. The van der Waals surface area contributed by atoms with Gasteiger partial charge in [-0.05, 0) is 30.3 Å². The van der Waals surface area contributed by atoms with Crippen molar-refractivity contribution in [1.29, 1.82) is 0 Å². The number of hydrogen-bond donors (Lipinski definition) is 1. The zero-order valence-corrected chi connectivity index (χ0v) is 12.5. The summed E-state index contributed by atoms with van der Waals surface area (Å²) in [6.45, 7) is 0.0939. The minimum Gasteiger partial charge on any atom is -0.454 e. The third-order valence-electron chi connectivity index (χ3n) is 3.44. The first-order chi connectivity index (χ1) is 12.1. The Morgan fingerprint density at radius 2 is 1.88 bits per heavy atom. The van der Waals surface area contributed by atoms with Crippen molar-refractivity contribution in [2.75, 3.05) is 12.1 Å². The molecule has 1 aliphatic rings. The number of halogens is 2. The van der Waals surface area contributed by atoms with Crippen molar-refractivity contribution >= 4 is 11.9 Å². The van der Waals surface area contributed by atoms with Crippen molar-refractivity contribution in [2.24, 2.45) is 0 Å². The van der Waals surface area contributed by atoms with Crippen LogP contribution in [0.2, 0.25) is 0 Å². The zero-order valence-electron chi connectivity index (χ0n) is 12.5. The van der Waals surface area contributed by atoms with Crippen LogP contribution in [-0.2, 0) is 0 Å². The largest absolute Gasteiger partial charge is 0.454 e. The van der Waals surface area contributed by atoms with E-state index in [0.717, 1.165) is 6.07 Å². The molecule has 0 bridgehead atoms. The first-order valence-corrected chi connectivity index (χ1v) is 7.10. The van der Waals surface area contributed by atoms with Gasteiger partial charge in [-0.25, -0.2) is 8.78 Å². The van der Waals surface area contributed by atoms with Crippen LogP contribution in [0.4, 0.5) is 14.8 Å². The van der Waals surface area contributed by atoms with Crippen molar-refractivity contribution in [3.05, 3.63) is 53.6 Å². The number of anilines is 1. The van der Waals surface area contributed by atoms with E-state index in [4.69, 9.17) is 13.9 Å². The van der Waals surface area contributed by atoms with E-state index in [1.807, 2.05) is 0 Å². The first-order valence-electron chi connectivity index (χ1n) is 7.10. The molecule has 3 aromatic rings. The van der Waals surface area contributed by atoms with Crippen LogP contribution in [0.3, 0.4) is 0 Å². The molecule has 1 amide bonds. The average Bonchev–Trinajstić information content (AvgIpc) is 3.23. The number of nitrogens with zero attached hydrogens (tertiary/aromatic N) is 2. The van der Waals surface area contributed by atoms with E-state index in [2.05, 4.69) is 15.5 Å². The quantitative estimate of drug-likeness (QED) is 0.785. The van der Waals surface area contributed by atoms with Crippen LogP contribution in [0.1, 0.15) is 10.4 Å². The van der Waals surface area contributed by atoms with Gasteiger partial charge in [-0.15, -0.1) is 5.10 Å².